The monoisotopic (exact) mass is 355 g/mol. The number of rotatable bonds is 10. The highest BCUT2D eigenvalue weighted by Crippen LogP contribution is 2.28. The minimum Gasteiger partial charge on any atom is -0.434 e. The molecule has 0 amide bonds. The number of benzene rings is 1. The number of nitrogens with zero attached hydrogens (tertiary/aromatic N) is 2. The number of alkyl halides is 2. The van der Waals surface area contributed by atoms with Crippen molar-refractivity contribution in [2.75, 3.05) is 33.4 Å². The molecule has 0 heterocycles. The van der Waals surface area contributed by atoms with Crippen LogP contribution in [0.2, 0.25) is 0 Å². The summed E-state index contributed by atoms with van der Waals surface area (Å²) in [4.78, 5) is 6.51. The van der Waals surface area contributed by atoms with Gasteiger partial charge in [0.1, 0.15) is 5.75 Å². The fourth-order valence-electron chi connectivity index (χ4n) is 2.32. The van der Waals surface area contributed by atoms with E-state index in [0.29, 0.717) is 24.7 Å². The summed E-state index contributed by atoms with van der Waals surface area (Å²) in [6.45, 7) is 2.32. The molecule has 1 aromatic rings. The quantitative estimate of drug-likeness (QED) is 0.398. The van der Waals surface area contributed by atoms with Crippen LogP contribution >= 0.6 is 0 Å². The molecule has 1 aromatic carbocycles. The molecule has 5 nitrogen and oxygen atoms in total. The van der Waals surface area contributed by atoms with Crippen molar-refractivity contribution in [2.24, 2.45) is 10.9 Å². The molecule has 7 heteroatoms. The Bertz CT molecular complexity index is 551. The maximum atomic E-state index is 12.5. The summed E-state index contributed by atoms with van der Waals surface area (Å²) in [5.74, 6) is 1.62. The second-order valence-electron chi connectivity index (χ2n) is 6.10. The molecule has 0 atom stereocenters. The summed E-state index contributed by atoms with van der Waals surface area (Å²) in [6.07, 6.45) is 2.56. The van der Waals surface area contributed by atoms with Gasteiger partial charge in [0, 0.05) is 32.3 Å². The molecular formula is C18H27F2N3O2. The van der Waals surface area contributed by atoms with E-state index in [1.807, 2.05) is 18.9 Å². The van der Waals surface area contributed by atoms with Gasteiger partial charge in [0.2, 0.25) is 0 Å². The lowest BCUT2D eigenvalue weighted by atomic mass is 10.2. The number of ether oxygens (including phenoxy) is 2. The third-order valence-electron chi connectivity index (χ3n) is 3.91. The summed E-state index contributed by atoms with van der Waals surface area (Å²) >= 11 is 0. The molecule has 0 aromatic heterocycles. The average molecular weight is 355 g/mol. The van der Waals surface area contributed by atoms with Crippen molar-refractivity contribution in [1.29, 1.82) is 0 Å². The molecule has 0 radical (unpaired) electrons. The number of hydrogen-bond donors (Lipinski definition) is 1. The van der Waals surface area contributed by atoms with Gasteiger partial charge in [-0.15, -0.1) is 0 Å². The highest BCUT2D eigenvalue weighted by atomic mass is 19.3. The number of guanidine groups is 1. The van der Waals surface area contributed by atoms with Crippen molar-refractivity contribution in [3.8, 4) is 5.75 Å². The summed E-state index contributed by atoms with van der Waals surface area (Å²) in [5.41, 5.74) is 0.622. The van der Waals surface area contributed by atoms with Gasteiger partial charge in [-0.2, -0.15) is 8.78 Å². The van der Waals surface area contributed by atoms with Crippen LogP contribution in [0.4, 0.5) is 8.78 Å². The number of aliphatic imine (C=N–C) groups is 1. The average Bonchev–Trinajstić information content (AvgIpc) is 3.40. The van der Waals surface area contributed by atoms with E-state index in [1.54, 1.807) is 18.2 Å². The number of nitrogens with one attached hydrogen (secondary N) is 1. The Morgan fingerprint density at radius 2 is 2.12 bits per heavy atom. The Labute approximate surface area is 148 Å². The van der Waals surface area contributed by atoms with E-state index in [0.717, 1.165) is 19.1 Å². The Morgan fingerprint density at radius 3 is 2.80 bits per heavy atom. The zero-order chi connectivity index (χ0) is 18.1. The molecule has 2 rings (SSSR count). The Balaban J connectivity index is 1.91. The summed E-state index contributed by atoms with van der Waals surface area (Å²) in [7, 11) is 1.93. The van der Waals surface area contributed by atoms with Crippen molar-refractivity contribution in [3.05, 3.63) is 29.8 Å². The minimum absolute atomic E-state index is 0.160. The van der Waals surface area contributed by atoms with Gasteiger partial charge in [0.15, 0.2) is 5.96 Å². The molecule has 0 unspecified atom stereocenters. The maximum absolute atomic E-state index is 12.5. The van der Waals surface area contributed by atoms with Gasteiger partial charge in [-0.25, -0.2) is 4.99 Å². The van der Waals surface area contributed by atoms with Gasteiger partial charge in [-0.1, -0.05) is 18.2 Å². The van der Waals surface area contributed by atoms with Crippen LogP contribution in [0.3, 0.4) is 0 Å². The first-order valence-electron chi connectivity index (χ1n) is 8.70. The van der Waals surface area contributed by atoms with Crippen LogP contribution in [0.25, 0.3) is 0 Å². The van der Waals surface area contributed by atoms with Crippen LogP contribution in [0.15, 0.2) is 29.3 Å². The van der Waals surface area contributed by atoms with Crippen molar-refractivity contribution >= 4 is 5.96 Å². The van der Waals surface area contributed by atoms with Gasteiger partial charge < -0.3 is 19.7 Å². The first kappa shape index (κ1) is 19.4. The van der Waals surface area contributed by atoms with Crippen molar-refractivity contribution < 1.29 is 18.3 Å². The lowest BCUT2D eigenvalue weighted by Crippen LogP contribution is -2.40. The molecule has 1 aliphatic rings. The van der Waals surface area contributed by atoms with Crippen LogP contribution in [0.1, 0.15) is 25.3 Å². The molecule has 25 heavy (non-hydrogen) atoms. The van der Waals surface area contributed by atoms with Crippen LogP contribution in [-0.4, -0.2) is 50.8 Å². The molecule has 0 bridgehead atoms. The van der Waals surface area contributed by atoms with E-state index in [2.05, 4.69) is 15.0 Å². The lowest BCUT2D eigenvalue weighted by molar-refractivity contribution is -0.0504. The SMILES string of the molecule is CCNC(=NCc1ccccc1OC(F)F)N(C)CCOCC1CC1. The second-order valence-corrected chi connectivity index (χ2v) is 6.10. The van der Waals surface area contributed by atoms with Gasteiger partial charge >= 0.3 is 6.61 Å². The lowest BCUT2D eigenvalue weighted by Gasteiger charge is -2.22. The Morgan fingerprint density at radius 1 is 1.36 bits per heavy atom. The Hall–Kier alpha value is -1.89. The number of hydrogen-bond acceptors (Lipinski definition) is 3. The molecular weight excluding hydrogens is 328 g/mol. The normalized spacial score (nSPS) is 14.7. The Kier molecular flexibility index (Phi) is 7.91. The minimum atomic E-state index is -2.84. The molecule has 140 valence electrons. The largest absolute Gasteiger partial charge is 0.434 e. The third kappa shape index (κ3) is 7.25. The molecule has 1 N–H and O–H groups in total. The standard InChI is InChI=1S/C18H27F2N3O2/c1-3-21-18(23(2)10-11-24-13-14-8-9-14)22-12-15-6-4-5-7-16(15)25-17(19)20/h4-7,14,17H,3,8-13H2,1-2H3,(H,21,22). The van der Waals surface area contributed by atoms with Gasteiger partial charge in [-0.05, 0) is 31.7 Å². The van der Waals surface area contributed by atoms with E-state index in [4.69, 9.17) is 4.74 Å². The van der Waals surface area contributed by atoms with E-state index in [1.165, 1.54) is 18.9 Å². The molecule has 1 saturated carbocycles. The molecule has 0 saturated heterocycles. The van der Waals surface area contributed by atoms with Gasteiger partial charge in [-0.3, -0.25) is 0 Å². The fourth-order valence-corrected chi connectivity index (χ4v) is 2.32. The zero-order valence-corrected chi connectivity index (χ0v) is 14.9. The van der Waals surface area contributed by atoms with Crippen LogP contribution in [-0.2, 0) is 11.3 Å². The van der Waals surface area contributed by atoms with Crippen molar-refractivity contribution in [3.63, 3.8) is 0 Å². The summed E-state index contributed by atoms with van der Waals surface area (Å²) in [6, 6.07) is 6.72. The van der Waals surface area contributed by atoms with Crippen LogP contribution in [0, 0.1) is 5.92 Å². The second kappa shape index (κ2) is 10.2. The number of likely N-dealkylation sites (N-methyl/N-ethyl adjacent to an activating group) is 1. The molecule has 0 aliphatic heterocycles. The maximum Gasteiger partial charge on any atom is 0.387 e. The summed E-state index contributed by atoms with van der Waals surface area (Å²) < 4.78 is 35.2. The van der Waals surface area contributed by atoms with E-state index >= 15 is 0 Å². The smallest absolute Gasteiger partial charge is 0.387 e. The summed E-state index contributed by atoms with van der Waals surface area (Å²) in [5, 5.41) is 3.21. The van der Waals surface area contributed by atoms with E-state index < -0.39 is 6.61 Å². The highest BCUT2D eigenvalue weighted by molar-refractivity contribution is 5.79. The van der Waals surface area contributed by atoms with E-state index in [-0.39, 0.29) is 12.3 Å². The van der Waals surface area contributed by atoms with Crippen molar-refractivity contribution in [2.45, 2.75) is 32.9 Å². The first-order chi connectivity index (χ1) is 12.1. The molecule has 1 fully saturated rings. The van der Waals surface area contributed by atoms with Gasteiger partial charge in [0.25, 0.3) is 0 Å². The zero-order valence-electron chi connectivity index (χ0n) is 14.9. The number of halogens is 2. The predicted octanol–water partition coefficient (Wildman–Crippen LogP) is 3.11. The fraction of sp³-hybridized carbons (Fsp3) is 0.611. The highest BCUT2D eigenvalue weighted by Gasteiger charge is 2.21. The number of para-hydroxylation sites is 1. The van der Waals surface area contributed by atoms with Crippen molar-refractivity contribution in [1.82, 2.24) is 10.2 Å². The van der Waals surface area contributed by atoms with Crippen LogP contribution in [0.5, 0.6) is 5.75 Å². The first-order valence-corrected chi connectivity index (χ1v) is 8.70. The van der Waals surface area contributed by atoms with E-state index in [9.17, 15) is 8.78 Å². The topological polar surface area (TPSA) is 46.1 Å². The van der Waals surface area contributed by atoms with Gasteiger partial charge in [0.05, 0.1) is 13.2 Å². The third-order valence-corrected chi connectivity index (χ3v) is 3.91. The predicted molar refractivity (Wildman–Crippen MR) is 94.1 cm³/mol. The van der Waals surface area contributed by atoms with Crippen LogP contribution < -0.4 is 10.1 Å². The molecule has 1 aliphatic carbocycles. The molecule has 0 spiro atoms.